The molecule has 1 unspecified atom stereocenters. The van der Waals surface area contributed by atoms with Gasteiger partial charge in [-0.3, -0.25) is 9.69 Å². The van der Waals surface area contributed by atoms with Crippen LogP contribution in [0.5, 0.6) is 0 Å². The van der Waals surface area contributed by atoms with Crippen LogP contribution in [0, 0.1) is 5.82 Å². The first-order valence-electron chi connectivity index (χ1n) is 7.74. The second-order valence-electron chi connectivity index (χ2n) is 6.04. The van der Waals surface area contributed by atoms with Gasteiger partial charge in [-0.2, -0.15) is 0 Å². The van der Waals surface area contributed by atoms with Gasteiger partial charge in [0.1, 0.15) is 5.82 Å². The maximum atomic E-state index is 13.6. The molecular formula is C16H19Cl2FN2O. The molecule has 2 heterocycles. The summed E-state index contributed by atoms with van der Waals surface area (Å²) in [7, 11) is 0. The van der Waals surface area contributed by atoms with E-state index in [0.717, 1.165) is 32.0 Å². The Kier molecular flexibility index (Phi) is 4.91. The molecule has 1 atom stereocenters. The van der Waals surface area contributed by atoms with Crippen molar-refractivity contribution in [3.8, 4) is 0 Å². The summed E-state index contributed by atoms with van der Waals surface area (Å²) in [5, 5.41) is 0.148. The monoisotopic (exact) mass is 344 g/mol. The highest BCUT2D eigenvalue weighted by atomic mass is 35.5. The lowest BCUT2D eigenvalue weighted by atomic mass is 10.0. The Morgan fingerprint density at radius 2 is 1.82 bits per heavy atom. The van der Waals surface area contributed by atoms with E-state index in [4.69, 9.17) is 23.2 Å². The Bertz CT molecular complexity index is 576. The summed E-state index contributed by atoms with van der Waals surface area (Å²) in [4.78, 5) is 16.9. The van der Waals surface area contributed by atoms with E-state index < -0.39 is 5.82 Å². The largest absolute Gasteiger partial charge is 0.337 e. The predicted molar refractivity (Wildman–Crippen MR) is 86.2 cm³/mol. The smallest absolute Gasteiger partial charge is 0.255 e. The Hall–Kier alpha value is -0.840. The fourth-order valence-corrected chi connectivity index (χ4v) is 3.86. The minimum atomic E-state index is -0.609. The van der Waals surface area contributed by atoms with Gasteiger partial charge in [0, 0.05) is 19.1 Å². The Morgan fingerprint density at radius 1 is 1.09 bits per heavy atom. The first-order chi connectivity index (χ1) is 10.6. The summed E-state index contributed by atoms with van der Waals surface area (Å²) in [5.74, 6) is -0.813. The number of hydrogen-bond donors (Lipinski definition) is 0. The van der Waals surface area contributed by atoms with Gasteiger partial charge in [0.2, 0.25) is 0 Å². The first-order valence-corrected chi connectivity index (χ1v) is 8.49. The molecule has 1 amide bonds. The van der Waals surface area contributed by atoms with Gasteiger partial charge in [-0.1, -0.05) is 23.2 Å². The molecule has 1 aromatic carbocycles. The normalized spacial score (nSPS) is 23.0. The zero-order valence-corrected chi connectivity index (χ0v) is 13.8. The third-order valence-corrected chi connectivity index (χ3v) is 5.18. The molecule has 2 fully saturated rings. The van der Waals surface area contributed by atoms with Gasteiger partial charge in [0.05, 0.1) is 15.6 Å². The number of hydrogen-bond acceptors (Lipinski definition) is 2. The summed E-state index contributed by atoms with van der Waals surface area (Å²) < 4.78 is 13.6. The Balaban J connectivity index is 1.75. The topological polar surface area (TPSA) is 23.6 Å². The molecule has 0 aliphatic carbocycles. The van der Waals surface area contributed by atoms with E-state index in [1.165, 1.54) is 18.9 Å². The Morgan fingerprint density at radius 3 is 2.55 bits per heavy atom. The van der Waals surface area contributed by atoms with Crippen molar-refractivity contribution in [2.45, 2.75) is 31.7 Å². The van der Waals surface area contributed by atoms with Crippen LogP contribution in [0.3, 0.4) is 0 Å². The lowest BCUT2D eigenvalue weighted by molar-refractivity contribution is 0.0607. The fourth-order valence-electron chi connectivity index (χ4n) is 3.40. The molecule has 2 aliphatic heterocycles. The van der Waals surface area contributed by atoms with Crippen molar-refractivity contribution in [3.05, 3.63) is 33.6 Å². The van der Waals surface area contributed by atoms with E-state index in [0.29, 0.717) is 19.1 Å². The maximum absolute atomic E-state index is 13.6. The highest BCUT2D eigenvalue weighted by Gasteiger charge is 2.30. The number of carbonyl (C=O) groups excluding carboxylic acids is 1. The number of nitrogens with zero attached hydrogens (tertiary/aromatic N) is 2. The summed E-state index contributed by atoms with van der Waals surface area (Å²) in [5.41, 5.74) is 0.200. The molecule has 2 aliphatic rings. The molecule has 120 valence electrons. The van der Waals surface area contributed by atoms with Crippen LogP contribution in [-0.4, -0.2) is 47.9 Å². The zero-order valence-electron chi connectivity index (χ0n) is 12.3. The van der Waals surface area contributed by atoms with Gasteiger partial charge >= 0.3 is 0 Å². The summed E-state index contributed by atoms with van der Waals surface area (Å²) in [6.07, 6.45) is 4.56. The predicted octanol–water partition coefficient (Wildman–Crippen LogP) is 3.83. The molecule has 3 rings (SSSR count). The van der Waals surface area contributed by atoms with E-state index in [-0.39, 0.29) is 21.5 Å². The number of rotatable bonds is 2. The minimum absolute atomic E-state index is 0.0601. The summed E-state index contributed by atoms with van der Waals surface area (Å²) in [6, 6.07) is 2.86. The first kappa shape index (κ1) is 16.0. The van der Waals surface area contributed by atoms with Crippen LogP contribution < -0.4 is 0 Å². The molecule has 22 heavy (non-hydrogen) atoms. The highest BCUT2D eigenvalue weighted by Crippen LogP contribution is 2.27. The third-order valence-electron chi connectivity index (χ3n) is 4.58. The van der Waals surface area contributed by atoms with E-state index in [2.05, 4.69) is 4.90 Å². The van der Waals surface area contributed by atoms with Gasteiger partial charge in [-0.15, -0.1) is 0 Å². The molecule has 6 heteroatoms. The molecule has 0 radical (unpaired) electrons. The SMILES string of the molecule is O=C(c1cc(F)c(Cl)cc1Cl)N1CCCC(N2CCCC2)C1. The standard InChI is InChI=1S/C16H19Cl2FN2O/c17-13-9-14(18)15(19)8-12(13)16(22)21-7-3-4-11(10-21)20-5-1-2-6-20/h8-9,11H,1-7,10H2. The van der Waals surface area contributed by atoms with E-state index in [9.17, 15) is 9.18 Å². The van der Waals surface area contributed by atoms with Gasteiger partial charge in [0.25, 0.3) is 5.91 Å². The van der Waals surface area contributed by atoms with Crippen molar-refractivity contribution < 1.29 is 9.18 Å². The van der Waals surface area contributed by atoms with Crippen LogP contribution >= 0.6 is 23.2 Å². The van der Waals surface area contributed by atoms with E-state index in [1.807, 2.05) is 0 Å². The second-order valence-corrected chi connectivity index (χ2v) is 6.85. The molecule has 2 saturated heterocycles. The quantitative estimate of drug-likeness (QED) is 0.761. The van der Waals surface area contributed by atoms with E-state index in [1.54, 1.807) is 4.90 Å². The molecule has 1 aromatic rings. The van der Waals surface area contributed by atoms with Crippen molar-refractivity contribution in [1.29, 1.82) is 0 Å². The molecule has 0 saturated carbocycles. The van der Waals surface area contributed by atoms with Crippen LogP contribution in [0.25, 0.3) is 0 Å². The molecule has 3 nitrogen and oxygen atoms in total. The number of halogens is 3. The number of benzene rings is 1. The Labute approximate surface area is 140 Å². The van der Waals surface area contributed by atoms with Gasteiger partial charge < -0.3 is 4.90 Å². The van der Waals surface area contributed by atoms with Crippen molar-refractivity contribution in [1.82, 2.24) is 9.80 Å². The van der Waals surface area contributed by atoms with Crippen molar-refractivity contribution in [2.24, 2.45) is 0 Å². The van der Waals surface area contributed by atoms with Gasteiger partial charge in [0.15, 0.2) is 0 Å². The zero-order chi connectivity index (χ0) is 15.7. The van der Waals surface area contributed by atoms with Crippen LogP contribution in [0.2, 0.25) is 10.0 Å². The van der Waals surface area contributed by atoms with Crippen LogP contribution in [0.1, 0.15) is 36.0 Å². The average Bonchev–Trinajstić information content (AvgIpc) is 3.05. The van der Waals surface area contributed by atoms with Crippen LogP contribution in [0.15, 0.2) is 12.1 Å². The summed E-state index contributed by atoms with van der Waals surface area (Å²) >= 11 is 11.8. The van der Waals surface area contributed by atoms with Crippen molar-refractivity contribution in [2.75, 3.05) is 26.2 Å². The minimum Gasteiger partial charge on any atom is -0.337 e. The molecule has 0 spiro atoms. The molecule has 0 N–H and O–H groups in total. The maximum Gasteiger partial charge on any atom is 0.255 e. The van der Waals surface area contributed by atoms with Crippen molar-refractivity contribution in [3.63, 3.8) is 0 Å². The van der Waals surface area contributed by atoms with Crippen LogP contribution in [-0.2, 0) is 0 Å². The second kappa shape index (κ2) is 6.73. The highest BCUT2D eigenvalue weighted by molar-refractivity contribution is 6.36. The third kappa shape index (κ3) is 3.24. The molecule has 0 aromatic heterocycles. The number of likely N-dealkylation sites (tertiary alicyclic amines) is 2. The molecule has 0 bridgehead atoms. The number of piperidine rings is 1. The van der Waals surface area contributed by atoms with Gasteiger partial charge in [-0.25, -0.2) is 4.39 Å². The average molecular weight is 345 g/mol. The van der Waals surface area contributed by atoms with E-state index >= 15 is 0 Å². The van der Waals surface area contributed by atoms with Crippen molar-refractivity contribution >= 4 is 29.1 Å². The van der Waals surface area contributed by atoms with Gasteiger partial charge in [-0.05, 0) is 50.9 Å². The van der Waals surface area contributed by atoms with Crippen LogP contribution in [0.4, 0.5) is 4.39 Å². The lowest BCUT2D eigenvalue weighted by Crippen LogP contribution is -2.49. The lowest BCUT2D eigenvalue weighted by Gasteiger charge is -2.37. The fraction of sp³-hybridized carbons (Fsp3) is 0.562. The number of amides is 1. The summed E-state index contributed by atoms with van der Waals surface area (Å²) in [6.45, 7) is 3.62. The number of carbonyl (C=O) groups is 1. The molecular weight excluding hydrogens is 326 g/mol.